The topological polar surface area (TPSA) is 61.4 Å². The van der Waals surface area contributed by atoms with Crippen LogP contribution in [0.4, 0.5) is 16.2 Å². The summed E-state index contributed by atoms with van der Waals surface area (Å²) in [5.41, 5.74) is 5.95. The summed E-state index contributed by atoms with van der Waals surface area (Å²) in [6.07, 6.45) is 1.26. The fourth-order valence-corrected chi connectivity index (χ4v) is 4.18. The molecule has 0 saturated heterocycles. The Labute approximate surface area is 183 Å². The molecule has 3 aromatic carbocycles. The fraction of sp³-hybridized carbons (Fsp3) is 0.231. The molecule has 1 aliphatic heterocycles. The van der Waals surface area contributed by atoms with Gasteiger partial charge in [0.15, 0.2) is 0 Å². The molecular formula is C26H27N3O2. The third-order valence-electron chi connectivity index (χ3n) is 5.52. The zero-order chi connectivity index (χ0) is 21.8. The number of aryl methyl sites for hydroxylation is 2. The number of benzene rings is 3. The molecule has 31 heavy (non-hydrogen) atoms. The van der Waals surface area contributed by atoms with Gasteiger partial charge in [0, 0.05) is 24.3 Å². The summed E-state index contributed by atoms with van der Waals surface area (Å²) < 4.78 is 0. The number of carbonyl (C=O) groups excluding carboxylic acids is 2. The minimum Gasteiger partial charge on any atom is -0.326 e. The number of hydrogen-bond donors (Lipinski definition) is 2. The number of para-hydroxylation sites is 1. The Hall–Kier alpha value is -3.60. The Morgan fingerprint density at radius 1 is 0.935 bits per heavy atom. The number of rotatable bonds is 5. The zero-order valence-corrected chi connectivity index (χ0v) is 17.9. The number of nitrogens with zero attached hydrogens (tertiary/aromatic N) is 1. The molecule has 2 N–H and O–H groups in total. The van der Waals surface area contributed by atoms with Gasteiger partial charge >= 0.3 is 6.03 Å². The summed E-state index contributed by atoms with van der Waals surface area (Å²) in [5, 5.41) is 5.80. The Balaban J connectivity index is 1.54. The molecule has 0 fully saturated rings. The summed E-state index contributed by atoms with van der Waals surface area (Å²) in [6, 6.07) is 22.6. The van der Waals surface area contributed by atoms with E-state index in [4.69, 9.17) is 0 Å². The molecule has 0 spiro atoms. The summed E-state index contributed by atoms with van der Waals surface area (Å²) in [6.45, 7) is 4.61. The van der Waals surface area contributed by atoms with Crippen molar-refractivity contribution >= 4 is 23.3 Å². The van der Waals surface area contributed by atoms with Crippen LogP contribution in [0.15, 0.2) is 72.8 Å². The van der Waals surface area contributed by atoms with E-state index in [2.05, 4.69) is 22.8 Å². The second-order valence-corrected chi connectivity index (χ2v) is 8.09. The van der Waals surface area contributed by atoms with E-state index in [-0.39, 0.29) is 11.9 Å². The lowest BCUT2D eigenvalue weighted by molar-refractivity contribution is -0.120. The van der Waals surface area contributed by atoms with E-state index in [0.717, 1.165) is 34.4 Å². The van der Waals surface area contributed by atoms with Crippen LogP contribution in [-0.4, -0.2) is 24.5 Å². The highest BCUT2D eigenvalue weighted by Crippen LogP contribution is 2.28. The van der Waals surface area contributed by atoms with Crippen molar-refractivity contribution in [2.75, 3.05) is 16.8 Å². The van der Waals surface area contributed by atoms with Gasteiger partial charge in [-0.25, -0.2) is 4.79 Å². The smallest absolute Gasteiger partial charge is 0.319 e. The number of carbonyl (C=O) groups is 2. The molecule has 5 nitrogen and oxygen atoms in total. The highest BCUT2D eigenvalue weighted by Gasteiger charge is 2.31. The first-order valence-corrected chi connectivity index (χ1v) is 10.6. The minimum absolute atomic E-state index is 0.0932. The zero-order valence-electron chi connectivity index (χ0n) is 17.9. The molecule has 0 unspecified atom stereocenters. The number of hydrogen-bond acceptors (Lipinski definition) is 2. The number of amides is 3. The second-order valence-electron chi connectivity index (χ2n) is 8.09. The molecule has 1 aliphatic rings. The third kappa shape index (κ3) is 4.94. The molecule has 0 saturated carbocycles. The largest absolute Gasteiger partial charge is 0.326 e. The van der Waals surface area contributed by atoms with Crippen molar-refractivity contribution in [3.05, 3.63) is 95.1 Å². The van der Waals surface area contributed by atoms with Crippen molar-refractivity contribution in [1.82, 2.24) is 5.32 Å². The normalized spacial score (nSPS) is 13.4. The summed E-state index contributed by atoms with van der Waals surface area (Å²) in [4.78, 5) is 28.1. The first-order valence-electron chi connectivity index (χ1n) is 10.6. The lowest BCUT2D eigenvalue weighted by Crippen LogP contribution is -2.50. The van der Waals surface area contributed by atoms with Crippen LogP contribution in [0.2, 0.25) is 0 Å². The molecule has 5 heteroatoms. The maximum atomic E-state index is 13.5. The van der Waals surface area contributed by atoms with Gasteiger partial charge in [0.05, 0.1) is 0 Å². The maximum Gasteiger partial charge on any atom is 0.319 e. The molecule has 0 bridgehead atoms. The van der Waals surface area contributed by atoms with Crippen LogP contribution >= 0.6 is 0 Å². The molecular weight excluding hydrogens is 386 g/mol. The average molecular weight is 414 g/mol. The van der Waals surface area contributed by atoms with Crippen molar-refractivity contribution in [2.24, 2.45) is 0 Å². The highest BCUT2D eigenvalue weighted by molar-refractivity contribution is 6.02. The van der Waals surface area contributed by atoms with Gasteiger partial charge in [0.2, 0.25) is 5.91 Å². The van der Waals surface area contributed by atoms with Crippen molar-refractivity contribution in [3.8, 4) is 0 Å². The number of urea groups is 1. The molecule has 0 aromatic heterocycles. The van der Waals surface area contributed by atoms with Gasteiger partial charge in [0.1, 0.15) is 6.04 Å². The van der Waals surface area contributed by atoms with Gasteiger partial charge in [-0.05, 0) is 60.7 Å². The number of fused-ring (bicyclic) bond motifs is 1. The van der Waals surface area contributed by atoms with Gasteiger partial charge in [-0.15, -0.1) is 0 Å². The monoisotopic (exact) mass is 413 g/mol. The molecule has 158 valence electrons. The standard InChI is InChI=1S/C26H27N3O2/c1-18-14-19(2)16-22(15-18)27-26(31)28-23(17-20-8-4-3-5-9-20)25(30)29-13-12-21-10-6-7-11-24(21)29/h3-11,14-16,23H,12-13,17H2,1-2H3,(H2,27,28,31)/t23-/m1/s1. The Morgan fingerprint density at radius 3 is 2.35 bits per heavy atom. The maximum absolute atomic E-state index is 13.5. The summed E-state index contributed by atoms with van der Waals surface area (Å²) in [7, 11) is 0. The van der Waals surface area contributed by atoms with Crippen LogP contribution in [0.25, 0.3) is 0 Å². The van der Waals surface area contributed by atoms with Crippen LogP contribution in [0.3, 0.4) is 0 Å². The van der Waals surface area contributed by atoms with Crippen molar-refractivity contribution < 1.29 is 9.59 Å². The molecule has 0 aliphatic carbocycles. The molecule has 0 radical (unpaired) electrons. The molecule has 3 aromatic rings. The lowest BCUT2D eigenvalue weighted by Gasteiger charge is -2.25. The second kappa shape index (κ2) is 9.04. The summed E-state index contributed by atoms with van der Waals surface area (Å²) >= 11 is 0. The van der Waals surface area contributed by atoms with Gasteiger partial charge < -0.3 is 15.5 Å². The van der Waals surface area contributed by atoms with Crippen molar-refractivity contribution in [2.45, 2.75) is 32.7 Å². The van der Waals surface area contributed by atoms with E-state index in [9.17, 15) is 9.59 Å². The molecule has 1 atom stereocenters. The van der Waals surface area contributed by atoms with E-state index < -0.39 is 6.04 Å². The van der Waals surface area contributed by atoms with E-state index in [1.54, 1.807) is 4.90 Å². The van der Waals surface area contributed by atoms with Crippen LogP contribution < -0.4 is 15.5 Å². The van der Waals surface area contributed by atoms with E-state index in [0.29, 0.717) is 18.7 Å². The summed E-state index contributed by atoms with van der Waals surface area (Å²) in [5.74, 6) is -0.0932. The van der Waals surface area contributed by atoms with Crippen molar-refractivity contribution in [1.29, 1.82) is 0 Å². The number of anilines is 2. The Bertz CT molecular complexity index is 1070. The molecule has 4 rings (SSSR count). The Morgan fingerprint density at radius 2 is 1.61 bits per heavy atom. The Kier molecular flexibility index (Phi) is 6.03. The predicted octanol–water partition coefficient (Wildman–Crippen LogP) is 4.63. The van der Waals surface area contributed by atoms with Crippen LogP contribution in [0, 0.1) is 13.8 Å². The van der Waals surface area contributed by atoms with Gasteiger partial charge in [-0.3, -0.25) is 4.79 Å². The van der Waals surface area contributed by atoms with Gasteiger partial charge in [-0.1, -0.05) is 54.6 Å². The third-order valence-corrected chi connectivity index (χ3v) is 5.52. The number of nitrogens with one attached hydrogen (secondary N) is 2. The predicted molar refractivity (Wildman–Crippen MR) is 125 cm³/mol. The molecule has 1 heterocycles. The lowest BCUT2D eigenvalue weighted by atomic mass is 10.0. The van der Waals surface area contributed by atoms with E-state index in [1.165, 1.54) is 0 Å². The van der Waals surface area contributed by atoms with E-state index in [1.807, 2.05) is 74.5 Å². The quantitative estimate of drug-likeness (QED) is 0.641. The highest BCUT2D eigenvalue weighted by atomic mass is 16.2. The average Bonchev–Trinajstić information content (AvgIpc) is 3.17. The van der Waals surface area contributed by atoms with E-state index >= 15 is 0 Å². The minimum atomic E-state index is -0.667. The van der Waals surface area contributed by atoms with Crippen LogP contribution in [0.1, 0.15) is 22.3 Å². The SMILES string of the molecule is Cc1cc(C)cc(NC(=O)N[C@H](Cc2ccccc2)C(=O)N2CCc3ccccc32)c1. The van der Waals surface area contributed by atoms with Gasteiger partial charge in [-0.2, -0.15) is 0 Å². The molecule has 3 amide bonds. The first kappa shape index (κ1) is 20.7. The van der Waals surface area contributed by atoms with Crippen LogP contribution in [0.5, 0.6) is 0 Å². The van der Waals surface area contributed by atoms with Gasteiger partial charge in [0.25, 0.3) is 0 Å². The fourth-order valence-electron chi connectivity index (χ4n) is 4.18. The van der Waals surface area contributed by atoms with Crippen LogP contribution in [-0.2, 0) is 17.6 Å². The van der Waals surface area contributed by atoms with Crippen molar-refractivity contribution in [3.63, 3.8) is 0 Å². The first-order chi connectivity index (χ1) is 15.0.